The van der Waals surface area contributed by atoms with Crippen LogP contribution >= 0.6 is 0 Å². The van der Waals surface area contributed by atoms with Crippen LogP contribution in [-0.4, -0.2) is 68.0 Å². The van der Waals surface area contributed by atoms with E-state index in [1.165, 1.54) is 12.1 Å². The van der Waals surface area contributed by atoms with Crippen LogP contribution in [0.3, 0.4) is 0 Å². The van der Waals surface area contributed by atoms with Crippen LogP contribution in [0.25, 0.3) is 0 Å². The molecule has 0 aliphatic heterocycles. The van der Waals surface area contributed by atoms with Crippen LogP contribution in [0.4, 0.5) is 0 Å². The third kappa shape index (κ3) is 7.84. The van der Waals surface area contributed by atoms with Gasteiger partial charge in [0, 0.05) is 24.2 Å². The van der Waals surface area contributed by atoms with Crippen molar-refractivity contribution >= 4 is 11.9 Å². The molecule has 2 aromatic rings. The van der Waals surface area contributed by atoms with Gasteiger partial charge in [0.2, 0.25) is 0 Å². The summed E-state index contributed by atoms with van der Waals surface area (Å²) in [6.07, 6.45) is 1.26. The molecule has 0 aliphatic carbocycles. The van der Waals surface area contributed by atoms with Gasteiger partial charge in [-0.1, -0.05) is 36.4 Å². The molecule has 0 heterocycles. The number of unbranched alkanes of at least 4 members (excludes halogenated alkanes) is 1. The summed E-state index contributed by atoms with van der Waals surface area (Å²) < 4.78 is 0. The maximum absolute atomic E-state index is 11.7. The van der Waals surface area contributed by atoms with Gasteiger partial charge >= 0.3 is 11.9 Å². The van der Waals surface area contributed by atoms with Gasteiger partial charge in [-0.25, -0.2) is 0 Å². The van der Waals surface area contributed by atoms with Gasteiger partial charge in [-0.2, -0.15) is 0 Å². The van der Waals surface area contributed by atoms with Crippen molar-refractivity contribution in [3.05, 3.63) is 59.7 Å². The summed E-state index contributed by atoms with van der Waals surface area (Å²) in [5, 5.41) is 39.5. The molecule has 2 rings (SSSR count). The van der Waals surface area contributed by atoms with Crippen LogP contribution in [-0.2, 0) is 22.7 Å². The molecule has 0 aliphatic rings. The van der Waals surface area contributed by atoms with E-state index in [0.717, 1.165) is 0 Å². The van der Waals surface area contributed by atoms with E-state index < -0.39 is 18.1 Å². The lowest BCUT2D eigenvalue weighted by Gasteiger charge is -2.39. The van der Waals surface area contributed by atoms with Crippen molar-refractivity contribution in [1.29, 1.82) is 0 Å². The van der Waals surface area contributed by atoms with Gasteiger partial charge in [-0.3, -0.25) is 19.4 Å². The molecular formula is C23H31N3O6. The largest absolute Gasteiger partial charge is 0.508 e. The maximum atomic E-state index is 11.7. The van der Waals surface area contributed by atoms with Crippen LogP contribution in [0.15, 0.2) is 48.5 Å². The zero-order valence-electron chi connectivity index (χ0n) is 17.9. The van der Waals surface area contributed by atoms with E-state index in [1.54, 1.807) is 46.2 Å². The first-order valence-corrected chi connectivity index (χ1v) is 10.5. The van der Waals surface area contributed by atoms with Crippen LogP contribution in [0.2, 0.25) is 0 Å². The Kier molecular flexibility index (Phi) is 9.93. The predicted octanol–water partition coefficient (Wildman–Crippen LogP) is 2.03. The van der Waals surface area contributed by atoms with Gasteiger partial charge in [0.05, 0.1) is 19.3 Å². The number of benzene rings is 2. The highest BCUT2D eigenvalue weighted by Gasteiger charge is 2.29. The number of carboxylic acids is 2. The molecule has 0 aromatic heterocycles. The van der Waals surface area contributed by atoms with E-state index >= 15 is 0 Å². The zero-order chi connectivity index (χ0) is 23.5. The van der Waals surface area contributed by atoms with Gasteiger partial charge in [0.25, 0.3) is 0 Å². The summed E-state index contributed by atoms with van der Waals surface area (Å²) in [5.74, 6) is -2.06. The normalized spacial score (nSPS) is 11.4. The molecule has 0 amide bonds. The molecule has 32 heavy (non-hydrogen) atoms. The Bertz CT molecular complexity index is 824. The van der Waals surface area contributed by atoms with Gasteiger partial charge in [0.15, 0.2) is 0 Å². The van der Waals surface area contributed by atoms with Crippen molar-refractivity contribution < 1.29 is 30.0 Å². The van der Waals surface area contributed by atoms with E-state index in [1.807, 2.05) is 0 Å². The highest BCUT2D eigenvalue weighted by molar-refractivity contribution is 5.70. The molecule has 0 atom stereocenters. The second kappa shape index (κ2) is 12.7. The number of nitrogens with two attached hydrogens (primary N) is 1. The van der Waals surface area contributed by atoms with Crippen LogP contribution in [0.5, 0.6) is 11.5 Å². The molecule has 0 radical (unpaired) electrons. The lowest BCUT2D eigenvalue weighted by Crippen LogP contribution is -2.51. The average molecular weight is 446 g/mol. The first kappa shape index (κ1) is 25.1. The highest BCUT2D eigenvalue weighted by Crippen LogP contribution is 2.25. The molecule has 0 saturated carbocycles. The van der Waals surface area contributed by atoms with Crippen molar-refractivity contribution in [3.63, 3.8) is 0 Å². The molecule has 0 spiro atoms. The fourth-order valence-corrected chi connectivity index (χ4v) is 3.67. The minimum absolute atomic E-state index is 0.0362. The Labute approximate surface area is 187 Å². The predicted molar refractivity (Wildman–Crippen MR) is 119 cm³/mol. The van der Waals surface area contributed by atoms with Gasteiger partial charge in [-0.15, -0.1) is 0 Å². The topological polar surface area (TPSA) is 148 Å². The lowest BCUT2D eigenvalue weighted by atomic mass is 10.1. The number of carbonyl (C=O) groups is 2. The van der Waals surface area contributed by atoms with E-state index in [9.17, 15) is 30.0 Å². The van der Waals surface area contributed by atoms with Gasteiger partial charge < -0.3 is 26.2 Å². The van der Waals surface area contributed by atoms with Gasteiger partial charge in [-0.05, 0) is 37.9 Å². The van der Waals surface area contributed by atoms with E-state index in [-0.39, 0.29) is 37.7 Å². The summed E-state index contributed by atoms with van der Waals surface area (Å²) in [4.78, 5) is 26.6. The van der Waals surface area contributed by atoms with E-state index in [4.69, 9.17) is 5.73 Å². The number of phenols is 2. The fourth-order valence-electron chi connectivity index (χ4n) is 3.67. The second-order valence-corrected chi connectivity index (χ2v) is 7.62. The molecule has 9 nitrogen and oxygen atoms in total. The fraction of sp³-hybridized carbons (Fsp3) is 0.391. The smallest absolute Gasteiger partial charge is 0.317 e. The number of hydrogen-bond acceptors (Lipinski definition) is 7. The van der Waals surface area contributed by atoms with Crippen LogP contribution in [0.1, 0.15) is 30.4 Å². The molecular weight excluding hydrogens is 414 g/mol. The molecule has 9 heteroatoms. The number of para-hydroxylation sites is 2. The number of nitrogens with zero attached hydrogens (tertiary/aromatic N) is 2. The Morgan fingerprint density at radius 2 is 1.22 bits per heavy atom. The van der Waals surface area contributed by atoms with Crippen molar-refractivity contribution in [2.45, 2.75) is 38.5 Å². The number of hydrogen-bond donors (Lipinski definition) is 5. The van der Waals surface area contributed by atoms with Crippen molar-refractivity contribution in [2.24, 2.45) is 5.73 Å². The monoisotopic (exact) mass is 445 g/mol. The second-order valence-electron chi connectivity index (χ2n) is 7.62. The number of carboxylic acid groups (broad SMARTS) is 2. The van der Waals surface area contributed by atoms with E-state index in [2.05, 4.69) is 0 Å². The molecule has 0 fully saturated rings. The summed E-state index contributed by atoms with van der Waals surface area (Å²) in [6.45, 7) is -0.00707. The number of rotatable bonds is 14. The lowest BCUT2D eigenvalue weighted by molar-refractivity contribution is -0.143. The highest BCUT2D eigenvalue weighted by atomic mass is 16.4. The molecule has 6 N–H and O–H groups in total. The standard InChI is InChI=1S/C23H31N3O6/c24-12-6-5-11-21(25(15-22(29)30)13-17-7-1-3-9-19(17)27)26(16-23(31)32)14-18-8-2-4-10-20(18)28/h1-4,7-10,21,27-28H,5-6,11-16,24H2,(H,29,30)(H,31,32). The average Bonchev–Trinajstić information content (AvgIpc) is 2.73. The summed E-state index contributed by atoms with van der Waals surface area (Å²) in [6, 6.07) is 13.3. The quantitative estimate of drug-likeness (QED) is 0.218. The zero-order valence-corrected chi connectivity index (χ0v) is 17.9. The molecule has 0 saturated heterocycles. The Morgan fingerprint density at radius 1 is 0.781 bits per heavy atom. The van der Waals surface area contributed by atoms with E-state index in [0.29, 0.717) is 36.9 Å². The van der Waals surface area contributed by atoms with Crippen LogP contribution in [0, 0.1) is 0 Å². The SMILES string of the molecule is NCCCCC(N(CC(=O)O)Cc1ccccc1O)N(CC(=O)O)Cc1ccccc1O. The molecule has 2 aromatic carbocycles. The first-order valence-electron chi connectivity index (χ1n) is 10.5. The summed E-state index contributed by atoms with van der Waals surface area (Å²) in [7, 11) is 0. The van der Waals surface area contributed by atoms with Gasteiger partial charge in [0.1, 0.15) is 11.5 Å². The Hall–Kier alpha value is -3.14. The third-order valence-corrected chi connectivity index (χ3v) is 5.17. The van der Waals surface area contributed by atoms with Crippen LogP contribution < -0.4 is 5.73 Å². The third-order valence-electron chi connectivity index (χ3n) is 5.17. The number of aromatic hydroxyl groups is 2. The van der Waals surface area contributed by atoms with Crippen molar-refractivity contribution in [2.75, 3.05) is 19.6 Å². The minimum Gasteiger partial charge on any atom is -0.508 e. The summed E-state index contributed by atoms with van der Waals surface area (Å²) in [5.41, 5.74) is 6.71. The number of aliphatic carboxylic acids is 2. The van der Waals surface area contributed by atoms with Crippen molar-refractivity contribution in [1.82, 2.24) is 9.80 Å². The molecule has 0 bridgehead atoms. The van der Waals surface area contributed by atoms with Crippen molar-refractivity contribution in [3.8, 4) is 11.5 Å². The first-order chi connectivity index (χ1) is 15.3. The Morgan fingerprint density at radius 3 is 1.59 bits per heavy atom. The molecule has 0 unspecified atom stereocenters. The minimum atomic E-state index is -1.07. The maximum Gasteiger partial charge on any atom is 0.317 e. The summed E-state index contributed by atoms with van der Waals surface area (Å²) >= 11 is 0. The Balaban J connectivity index is 2.42. The molecule has 174 valence electrons. The number of phenolic OH excluding ortho intramolecular Hbond substituents is 2.